The molecule has 0 heterocycles. The Morgan fingerprint density at radius 1 is 0.900 bits per heavy atom. The van der Waals surface area contributed by atoms with Gasteiger partial charge < -0.3 is 11.1 Å². The van der Waals surface area contributed by atoms with E-state index in [2.05, 4.69) is 35.6 Å². The molecule has 0 radical (unpaired) electrons. The number of hydrogen-bond donors (Lipinski definition) is 2. The lowest BCUT2D eigenvalue weighted by Gasteiger charge is -2.10. The second-order valence-corrected chi connectivity index (χ2v) is 4.77. The van der Waals surface area contributed by atoms with Crippen LogP contribution >= 0.6 is 0 Å². The van der Waals surface area contributed by atoms with E-state index in [9.17, 15) is 4.39 Å². The Balaban J connectivity index is 1.79. The Morgan fingerprint density at radius 2 is 1.70 bits per heavy atom. The number of nitrogen functional groups attached to an aromatic ring is 1. The predicted octanol–water partition coefficient (Wildman–Crippen LogP) is 4.17. The van der Waals surface area contributed by atoms with E-state index in [1.807, 2.05) is 12.1 Å². The summed E-state index contributed by atoms with van der Waals surface area (Å²) in [5.74, 6) is -0.321. The van der Waals surface area contributed by atoms with Crippen molar-refractivity contribution in [2.75, 3.05) is 11.1 Å². The molecule has 0 spiro atoms. The summed E-state index contributed by atoms with van der Waals surface area (Å²) in [6, 6.07) is 18.9. The van der Waals surface area contributed by atoms with Crippen LogP contribution < -0.4 is 11.1 Å². The molecule has 0 aliphatic rings. The number of benzene rings is 3. The van der Waals surface area contributed by atoms with Gasteiger partial charge in [0, 0.05) is 6.54 Å². The topological polar surface area (TPSA) is 38.0 Å². The van der Waals surface area contributed by atoms with Gasteiger partial charge in [-0.05, 0) is 40.6 Å². The number of hydrogen-bond acceptors (Lipinski definition) is 2. The third-order valence-electron chi connectivity index (χ3n) is 3.31. The van der Waals surface area contributed by atoms with Crippen LogP contribution in [0, 0.1) is 5.82 Å². The molecular formula is C17H15FN2. The lowest BCUT2D eigenvalue weighted by molar-refractivity contribution is 0.628. The largest absolute Gasteiger partial charge is 0.397 e. The molecule has 3 heteroatoms. The summed E-state index contributed by atoms with van der Waals surface area (Å²) < 4.78 is 13.0. The number of halogens is 1. The number of rotatable bonds is 3. The minimum atomic E-state index is -0.321. The van der Waals surface area contributed by atoms with Gasteiger partial charge in [0.05, 0.1) is 11.4 Å². The summed E-state index contributed by atoms with van der Waals surface area (Å²) in [7, 11) is 0. The molecule has 3 N–H and O–H groups in total. The summed E-state index contributed by atoms with van der Waals surface area (Å²) >= 11 is 0. The van der Waals surface area contributed by atoms with Crippen LogP contribution in [0.4, 0.5) is 15.8 Å². The summed E-state index contributed by atoms with van der Waals surface area (Å²) in [4.78, 5) is 0. The van der Waals surface area contributed by atoms with E-state index < -0.39 is 0 Å². The molecule has 0 aliphatic carbocycles. The zero-order chi connectivity index (χ0) is 13.9. The van der Waals surface area contributed by atoms with Crippen molar-refractivity contribution in [3.05, 3.63) is 72.0 Å². The van der Waals surface area contributed by atoms with Gasteiger partial charge >= 0.3 is 0 Å². The van der Waals surface area contributed by atoms with Crippen molar-refractivity contribution in [3.63, 3.8) is 0 Å². The molecule has 0 aromatic heterocycles. The molecular weight excluding hydrogens is 251 g/mol. The Labute approximate surface area is 117 Å². The highest BCUT2D eigenvalue weighted by atomic mass is 19.1. The van der Waals surface area contributed by atoms with Crippen LogP contribution in [0.2, 0.25) is 0 Å². The van der Waals surface area contributed by atoms with Gasteiger partial charge in [0.2, 0.25) is 0 Å². The van der Waals surface area contributed by atoms with E-state index in [0.29, 0.717) is 12.2 Å². The van der Waals surface area contributed by atoms with Gasteiger partial charge in [0.1, 0.15) is 5.82 Å². The van der Waals surface area contributed by atoms with Crippen LogP contribution in [-0.2, 0) is 6.54 Å². The van der Waals surface area contributed by atoms with Gasteiger partial charge in [-0.2, -0.15) is 0 Å². The molecule has 0 bridgehead atoms. The van der Waals surface area contributed by atoms with Gasteiger partial charge in [-0.25, -0.2) is 4.39 Å². The number of nitrogens with two attached hydrogens (primary N) is 1. The normalized spacial score (nSPS) is 10.7. The third-order valence-corrected chi connectivity index (χ3v) is 3.31. The summed E-state index contributed by atoms with van der Waals surface area (Å²) in [5, 5.41) is 5.66. The molecule has 100 valence electrons. The zero-order valence-electron chi connectivity index (χ0n) is 10.9. The number of anilines is 2. The fourth-order valence-electron chi connectivity index (χ4n) is 2.24. The van der Waals surface area contributed by atoms with Crippen LogP contribution in [0.15, 0.2) is 60.7 Å². The first-order valence-electron chi connectivity index (χ1n) is 6.49. The van der Waals surface area contributed by atoms with Gasteiger partial charge in [0.15, 0.2) is 0 Å². The first kappa shape index (κ1) is 12.5. The van der Waals surface area contributed by atoms with Crippen molar-refractivity contribution in [2.45, 2.75) is 6.54 Å². The summed E-state index contributed by atoms with van der Waals surface area (Å²) in [5.41, 5.74) is 8.10. The maximum Gasteiger partial charge on any atom is 0.125 e. The molecule has 0 aliphatic heterocycles. The van der Waals surface area contributed by atoms with E-state index in [4.69, 9.17) is 5.73 Å². The average molecular weight is 266 g/mol. The monoisotopic (exact) mass is 266 g/mol. The molecule has 0 amide bonds. The summed E-state index contributed by atoms with van der Waals surface area (Å²) in [6.07, 6.45) is 0. The Kier molecular flexibility index (Phi) is 3.25. The van der Waals surface area contributed by atoms with Crippen LogP contribution in [0.25, 0.3) is 10.8 Å². The van der Waals surface area contributed by atoms with Crippen LogP contribution in [0.3, 0.4) is 0 Å². The maximum atomic E-state index is 13.0. The number of nitrogens with one attached hydrogen (secondary N) is 1. The molecule has 3 aromatic carbocycles. The first-order valence-corrected chi connectivity index (χ1v) is 6.49. The highest BCUT2D eigenvalue weighted by Gasteiger charge is 2.01. The molecule has 2 nitrogen and oxygen atoms in total. The maximum absolute atomic E-state index is 13.0. The van der Waals surface area contributed by atoms with Gasteiger partial charge in [0.25, 0.3) is 0 Å². The second kappa shape index (κ2) is 5.21. The Morgan fingerprint density at radius 3 is 2.50 bits per heavy atom. The number of fused-ring (bicyclic) bond motifs is 1. The van der Waals surface area contributed by atoms with E-state index in [1.54, 1.807) is 6.07 Å². The van der Waals surface area contributed by atoms with E-state index in [-0.39, 0.29) is 5.82 Å². The quantitative estimate of drug-likeness (QED) is 0.698. The highest BCUT2D eigenvalue weighted by molar-refractivity contribution is 5.83. The van der Waals surface area contributed by atoms with Gasteiger partial charge in [-0.1, -0.05) is 36.4 Å². The van der Waals surface area contributed by atoms with Crippen molar-refractivity contribution < 1.29 is 4.39 Å². The van der Waals surface area contributed by atoms with E-state index >= 15 is 0 Å². The molecule has 3 aromatic rings. The summed E-state index contributed by atoms with van der Waals surface area (Å²) in [6.45, 7) is 0.653. The van der Waals surface area contributed by atoms with Gasteiger partial charge in [-0.15, -0.1) is 0 Å². The van der Waals surface area contributed by atoms with Crippen molar-refractivity contribution in [2.24, 2.45) is 0 Å². The van der Waals surface area contributed by atoms with Crippen LogP contribution in [-0.4, -0.2) is 0 Å². The van der Waals surface area contributed by atoms with Crippen molar-refractivity contribution in [1.82, 2.24) is 0 Å². The molecule has 0 atom stereocenters. The van der Waals surface area contributed by atoms with Crippen molar-refractivity contribution >= 4 is 22.1 Å². The molecule has 20 heavy (non-hydrogen) atoms. The SMILES string of the molecule is Nc1cc(F)ccc1NCc1ccc2ccccc2c1. The third kappa shape index (κ3) is 2.57. The predicted molar refractivity (Wildman–Crippen MR) is 82.1 cm³/mol. The fourth-order valence-corrected chi connectivity index (χ4v) is 2.24. The lowest BCUT2D eigenvalue weighted by Crippen LogP contribution is -2.02. The second-order valence-electron chi connectivity index (χ2n) is 4.77. The van der Waals surface area contributed by atoms with Crippen LogP contribution in [0.5, 0.6) is 0 Å². The minimum Gasteiger partial charge on any atom is -0.397 e. The standard InChI is InChI=1S/C17H15FN2/c18-15-7-8-17(16(19)10-15)20-11-12-5-6-13-3-1-2-4-14(13)9-12/h1-10,20H,11,19H2. The lowest BCUT2D eigenvalue weighted by atomic mass is 10.1. The molecule has 3 rings (SSSR count). The van der Waals surface area contributed by atoms with E-state index in [1.165, 1.54) is 22.9 Å². The van der Waals surface area contributed by atoms with Crippen molar-refractivity contribution in [1.29, 1.82) is 0 Å². The smallest absolute Gasteiger partial charge is 0.125 e. The first-order chi connectivity index (χ1) is 9.72. The highest BCUT2D eigenvalue weighted by Crippen LogP contribution is 2.21. The Hall–Kier alpha value is -2.55. The minimum absolute atomic E-state index is 0.321. The van der Waals surface area contributed by atoms with Gasteiger partial charge in [-0.3, -0.25) is 0 Å². The fraction of sp³-hybridized carbons (Fsp3) is 0.0588. The molecule has 0 saturated carbocycles. The van der Waals surface area contributed by atoms with E-state index in [0.717, 1.165) is 11.3 Å². The van der Waals surface area contributed by atoms with Crippen LogP contribution in [0.1, 0.15) is 5.56 Å². The average Bonchev–Trinajstić information content (AvgIpc) is 2.46. The zero-order valence-corrected chi connectivity index (χ0v) is 10.9. The Bertz CT molecular complexity index is 753. The molecule has 0 fully saturated rings. The molecule has 0 saturated heterocycles. The van der Waals surface area contributed by atoms with Crippen molar-refractivity contribution in [3.8, 4) is 0 Å². The molecule has 0 unspecified atom stereocenters.